The van der Waals surface area contributed by atoms with E-state index in [2.05, 4.69) is 4.98 Å². The Hall–Kier alpha value is -2.94. The van der Waals surface area contributed by atoms with E-state index in [4.69, 9.17) is 14.6 Å². The summed E-state index contributed by atoms with van der Waals surface area (Å²) in [5.41, 5.74) is 1.80. The molecule has 1 aromatic heterocycles. The first-order valence-electron chi connectivity index (χ1n) is 8.59. The van der Waals surface area contributed by atoms with E-state index in [1.807, 2.05) is 36.6 Å². The molecule has 0 radical (unpaired) electrons. The van der Waals surface area contributed by atoms with Crippen molar-refractivity contribution in [3.05, 3.63) is 45.9 Å². The number of amides is 2. The molecule has 1 aromatic carbocycles. The molecular weight excluding hydrogens is 382 g/mol. The fourth-order valence-corrected chi connectivity index (χ4v) is 3.51. The van der Waals surface area contributed by atoms with Gasteiger partial charge in [0.1, 0.15) is 18.3 Å². The van der Waals surface area contributed by atoms with E-state index in [-0.39, 0.29) is 24.8 Å². The quantitative estimate of drug-likeness (QED) is 0.763. The van der Waals surface area contributed by atoms with E-state index in [1.165, 1.54) is 0 Å². The number of carboxylic acid groups (broad SMARTS) is 1. The molecule has 9 heteroatoms. The summed E-state index contributed by atoms with van der Waals surface area (Å²) in [5.74, 6) is 0.677. The molecule has 2 amide bonds. The van der Waals surface area contributed by atoms with Crippen LogP contribution in [0.5, 0.6) is 5.75 Å². The van der Waals surface area contributed by atoms with Crippen LogP contribution in [0.25, 0.3) is 0 Å². The lowest BCUT2D eigenvalue weighted by atomic mass is 10.1. The van der Waals surface area contributed by atoms with E-state index < -0.39 is 6.04 Å². The van der Waals surface area contributed by atoms with E-state index >= 15 is 0 Å². The third kappa shape index (κ3) is 5.29. The molecule has 150 valence electrons. The second kappa shape index (κ2) is 9.84. The highest BCUT2D eigenvalue weighted by Gasteiger charge is 2.36. The monoisotopic (exact) mass is 405 g/mol. The molecule has 8 nitrogen and oxygen atoms in total. The van der Waals surface area contributed by atoms with Crippen molar-refractivity contribution >= 4 is 29.6 Å². The maximum Gasteiger partial charge on any atom is 0.290 e. The van der Waals surface area contributed by atoms with Gasteiger partial charge in [-0.1, -0.05) is 12.1 Å². The Morgan fingerprint density at radius 1 is 1.29 bits per heavy atom. The van der Waals surface area contributed by atoms with Crippen molar-refractivity contribution in [2.75, 3.05) is 13.7 Å². The van der Waals surface area contributed by atoms with E-state index in [1.54, 1.807) is 35.2 Å². The molecule has 2 heterocycles. The number of carbonyl (C=O) groups is 3. The summed E-state index contributed by atoms with van der Waals surface area (Å²) in [6.07, 6.45) is 0. The van der Waals surface area contributed by atoms with Gasteiger partial charge in [-0.25, -0.2) is 4.98 Å². The standard InChI is InChI=1S/C18H21N3O3S.CH2O2/c1-12-18(23)20(8-14-4-6-16(24-3)7-5-14)10-17(22)21(12)9-15-11-25-13(2)19-15;2-1-3/h4-7,11-12H,8-10H2,1-3H3;1H,(H,2,3)/t12-;/m0./s1. The molecule has 1 N–H and O–H groups in total. The Bertz CT molecular complexity index is 821. The predicted octanol–water partition coefficient (Wildman–Crippen LogP) is 1.92. The summed E-state index contributed by atoms with van der Waals surface area (Å²) < 4.78 is 5.14. The number of aromatic nitrogens is 1. The average molecular weight is 405 g/mol. The lowest BCUT2D eigenvalue weighted by Gasteiger charge is -2.38. The van der Waals surface area contributed by atoms with Gasteiger partial charge >= 0.3 is 0 Å². The number of hydrogen-bond donors (Lipinski definition) is 1. The number of methoxy groups -OCH3 is 1. The van der Waals surface area contributed by atoms with Gasteiger partial charge in [0.2, 0.25) is 11.8 Å². The molecule has 1 aliphatic rings. The van der Waals surface area contributed by atoms with E-state index in [9.17, 15) is 9.59 Å². The molecule has 0 spiro atoms. The minimum Gasteiger partial charge on any atom is -0.497 e. The van der Waals surface area contributed by atoms with Gasteiger partial charge in [-0.3, -0.25) is 14.4 Å². The minimum atomic E-state index is -0.485. The van der Waals surface area contributed by atoms with Crippen LogP contribution in [0.2, 0.25) is 0 Å². The molecule has 0 bridgehead atoms. The fraction of sp³-hybridized carbons (Fsp3) is 0.368. The third-order valence-electron chi connectivity index (χ3n) is 4.31. The summed E-state index contributed by atoms with van der Waals surface area (Å²) in [6, 6.07) is 7.04. The summed E-state index contributed by atoms with van der Waals surface area (Å²) >= 11 is 1.55. The molecule has 1 atom stereocenters. The third-order valence-corrected chi connectivity index (χ3v) is 5.14. The number of ether oxygens (including phenoxy) is 1. The first-order chi connectivity index (χ1) is 13.4. The van der Waals surface area contributed by atoms with Crippen LogP contribution < -0.4 is 4.74 Å². The first-order valence-corrected chi connectivity index (χ1v) is 9.47. The van der Waals surface area contributed by atoms with Gasteiger partial charge in [-0.05, 0) is 31.5 Å². The molecule has 3 rings (SSSR count). The average Bonchev–Trinajstić information content (AvgIpc) is 3.09. The number of hydrogen-bond acceptors (Lipinski definition) is 6. The van der Waals surface area contributed by atoms with Crippen molar-refractivity contribution in [2.45, 2.75) is 33.0 Å². The van der Waals surface area contributed by atoms with Crippen molar-refractivity contribution in [3.63, 3.8) is 0 Å². The SMILES string of the molecule is COc1ccc(CN2CC(=O)N(Cc3csc(C)n3)[C@@H](C)C2=O)cc1.O=CO. The lowest BCUT2D eigenvalue weighted by molar-refractivity contribution is -0.156. The molecule has 0 saturated carbocycles. The summed E-state index contributed by atoms with van der Waals surface area (Å²) in [5, 5.41) is 9.78. The molecule has 0 unspecified atom stereocenters. The summed E-state index contributed by atoms with van der Waals surface area (Å²) in [4.78, 5) is 41.2. The van der Waals surface area contributed by atoms with Gasteiger partial charge in [-0.15, -0.1) is 11.3 Å². The second-order valence-electron chi connectivity index (χ2n) is 6.20. The Kier molecular flexibility index (Phi) is 7.51. The zero-order valence-electron chi connectivity index (χ0n) is 16.0. The minimum absolute atomic E-state index is 0.0395. The van der Waals surface area contributed by atoms with Crippen LogP contribution >= 0.6 is 11.3 Å². The Morgan fingerprint density at radius 2 is 1.93 bits per heavy atom. The van der Waals surface area contributed by atoms with Gasteiger partial charge in [0, 0.05) is 11.9 Å². The number of carbonyl (C=O) groups excluding carboxylic acids is 2. The smallest absolute Gasteiger partial charge is 0.290 e. The van der Waals surface area contributed by atoms with Crippen molar-refractivity contribution in [3.8, 4) is 5.75 Å². The lowest BCUT2D eigenvalue weighted by Crippen LogP contribution is -2.58. The highest BCUT2D eigenvalue weighted by molar-refractivity contribution is 7.09. The Labute approximate surface area is 167 Å². The topological polar surface area (TPSA) is 100 Å². The Morgan fingerprint density at radius 3 is 2.46 bits per heavy atom. The van der Waals surface area contributed by atoms with Crippen LogP contribution in [0.15, 0.2) is 29.6 Å². The van der Waals surface area contributed by atoms with Crippen molar-refractivity contribution < 1.29 is 24.2 Å². The van der Waals surface area contributed by atoms with Crippen LogP contribution in [-0.2, 0) is 27.5 Å². The van der Waals surface area contributed by atoms with E-state index in [0.717, 1.165) is 22.0 Å². The van der Waals surface area contributed by atoms with Crippen molar-refractivity contribution in [1.29, 1.82) is 0 Å². The second-order valence-corrected chi connectivity index (χ2v) is 7.27. The summed E-state index contributed by atoms with van der Waals surface area (Å²) in [6.45, 7) is 4.35. The van der Waals surface area contributed by atoms with Crippen LogP contribution in [0, 0.1) is 6.92 Å². The number of thiazole rings is 1. The number of nitrogens with zero attached hydrogens (tertiary/aromatic N) is 3. The molecule has 1 aliphatic heterocycles. The predicted molar refractivity (Wildman–Crippen MR) is 104 cm³/mol. The maximum atomic E-state index is 12.7. The van der Waals surface area contributed by atoms with Gasteiger partial charge in [0.05, 0.1) is 24.4 Å². The molecule has 0 aliphatic carbocycles. The largest absolute Gasteiger partial charge is 0.497 e. The van der Waals surface area contributed by atoms with E-state index in [0.29, 0.717) is 13.1 Å². The van der Waals surface area contributed by atoms with Gasteiger partial charge in [0.25, 0.3) is 6.47 Å². The Balaban J connectivity index is 0.000000878. The van der Waals surface area contributed by atoms with Gasteiger partial charge in [0.15, 0.2) is 0 Å². The molecule has 28 heavy (non-hydrogen) atoms. The highest BCUT2D eigenvalue weighted by Crippen LogP contribution is 2.20. The maximum absolute atomic E-state index is 12.7. The normalized spacial score (nSPS) is 16.5. The zero-order valence-corrected chi connectivity index (χ0v) is 16.8. The zero-order chi connectivity index (χ0) is 20.7. The highest BCUT2D eigenvalue weighted by atomic mass is 32.1. The number of piperazine rings is 1. The number of aryl methyl sites for hydroxylation is 1. The van der Waals surface area contributed by atoms with Crippen molar-refractivity contribution in [2.24, 2.45) is 0 Å². The molecule has 1 fully saturated rings. The fourth-order valence-electron chi connectivity index (χ4n) is 2.91. The van der Waals surface area contributed by atoms with Crippen LogP contribution in [0.3, 0.4) is 0 Å². The number of benzene rings is 1. The van der Waals surface area contributed by atoms with Gasteiger partial charge in [-0.2, -0.15) is 0 Å². The first kappa shape index (κ1) is 21.4. The van der Waals surface area contributed by atoms with Gasteiger partial charge < -0.3 is 19.6 Å². The molecule has 1 saturated heterocycles. The van der Waals surface area contributed by atoms with Crippen LogP contribution in [0.4, 0.5) is 0 Å². The molecule has 2 aromatic rings. The number of rotatable bonds is 5. The van der Waals surface area contributed by atoms with Crippen LogP contribution in [0.1, 0.15) is 23.2 Å². The van der Waals surface area contributed by atoms with Crippen molar-refractivity contribution in [1.82, 2.24) is 14.8 Å². The van der Waals surface area contributed by atoms with Crippen LogP contribution in [-0.4, -0.2) is 57.9 Å². The molecular formula is C19H23N3O5S. The summed E-state index contributed by atoms with van der Waals surface area (Å²) in [7, 11) is 1.61.